The predicted octanol–water partition coefficient (Wildman–Crippen LogP) is 2.93. The Labute approximate surface area is 132 Å². The van der Waals surface area contributed by atoms with Gasteiger partial charge in [0.25, 0.3) is 0 Å². The fourth-order valence-electron chi connectivity index (χ4n) is 1.92. The van der Waals surface area contributed by atoms with Crippen LogP contribution in [-0.2, 0) is 4.79 Å². The second-order valence-electron chi connectivity index (χ2n) is 4.85. The minimum Gasteiger partial charge on any atom is -0.364 e. The van der Waals surface area contributed by atoms with Crippen molar-refractivity contribution in [2.45, 2.75) is 13.8 Å². The molecule has 0 saturated heterocycles. The predicted molar refractivity (Wildman–Crippen MR) is 87.5 cm³/mol. The molecule has 2 heterocycles. The fraction of sp³-hybridized carbons (Fsp3) is 0.267. The van der Waals surface area contributed by atoms with Gasteiger partial charge < -0.3 is 10.2 Å². The molecule has 1 amide bonds. The molecule has 0 unspecified atom stereocenters. The number of nitrogens with one attached hydrogen (secondary N) is 1. The molecule has 2 rings (SSSR count). The van der Waals surface area contributed by atoms with E-state index in [1.807, 2.05) is 44.0 Å². The topological polar surface area (TPSA) is 58.1 Å². The Morgan fingerprint density at radius 3 is 2.71 bits per heavy atom. The van der Waals surface area contributed by atoms with Gasteiger partial charge in [-0.1, -0.05) is 0 Å². The summed E-state index contributed by atoms with van der Waals surface area (Å²) in [4.78, 5) is 22.3. The van der Waals surface area contributed by atoms with Gasteiger partial charge in [0.1, 0.15) is 5.82 Å². The van der Waals surface area contributed by atoms with Crippen molar-refractivity contribution in [3.05, 3.63) is 46.3 Å². The first-order valence-corrected chi connectivity index (χ1v) is 7.31. The smallest absolute Gasteiger partial charge is 0.245 e. The molecule has 2 aromatic rings. The first-order chi connectivity index (χ1) is 9.97. The summed E-state index contributed by atoms with van der Waals surface area (Å²) < 4.78 is 0.897. The molecule has 5 nitrogen and oxygen atoms in total. The van der Waals surface area contributed by atoms with Crippen LogP contribution in [0.25, 0.3) is 0 Å². The Morgan fingerprint density at radius 2 is 2.00 bits per heavy atom. The highest BCUT2D eigenvalue weighted by Crippen LogP contribution is 2.26. The quantitative estimate of drug-likeness (QED) is 0.922. The van der Waals surface area contributed by atoms with E-state index in [1.165, 1.54) is 0 Å². The lowest BCUT2D eigenvalue weighted by Gasteiger charge is -2.20. The average Bonchev–Trinajstić information content (AvgIpc) is 2.41. The summed E-state index contributed by atoms with van der Waals surface area (Å²) in [5, 5.41) is 2.79. The molecule has 0 aliphatic carbocycles. The van der Waals surface area contributed by atoms with Crippen molar-refractivity contribution < 1.29 is 4.79 Å². The maximum absolute atomic E-state index is 12.1. The molecule has 0 saturated carbocycles. The van der Waals surface area contributed by atoms with Crippen molar-refractivity contribution in [3.8, 4) is 0 Å². The van der Waals surface area contributed by atoms with Crippen LogP contribution in [-0.4, -0.2) is 29.5 Å². The molecular weight excluding hydrogens is 332 g/mol. The molecule has 0 aliphatic heterocycles. The summed E-state index contributed by atoms with van der Waals surface area (Å²) in [7, 11) is 1.86. The number of rotatable bonds is 4. The zero-order chi connectivity index (χ0) is 15.4. The molecule has 110 valence electrons. The lowest BCUT2D eigenvalue weighted by molar-refractivity contribution is -0.114. The maximum atomic E-state index is 12.1. The number of likely N-dealkylation sites (N-methyl/N-ethyl adjacent to an activating group) is 1. The molecule has 0 bridgehead atoms. The minimum absolute atomic E-state index is 0.114. The number of pyridine rings is 2. The number of amides is 1. The van der Waals surface area contributed by atoms with Gasteiger partial charge in [0.05, 0.1) is 22.4 Å². The van der Waals surface area contributed by atoms with Crippen LogP contribution in [0.3, 0.4) is 0 Å². The third kappa shape index (κ3) is 4.01. The summed E-state index contributed by atoms with van der Waals surface area (Å²) in [5.74, 6) is 0.454. The normalized spacial score (nSPS) is 10.3. The van der Waals surface area contributed by atoms with E-state index in [0.717, 1.165) is 21.4 Å². The molecule has 0 aromatic carbocycles. The van der Waals surface area contributed by atoms with Crippen molar-refractivity contribution in [1.82, 2.24) is 9.97 Å². The molecule has 0 radical (unpaired) electrons. The van der Waals surface area contributed by atoms with Crippen molar-refractivity contribution in [1.29, 1.82) is 0 Å². The first kappa shape index (κ1) is 15.4. The van der Waals surface area contributed by atoms with Gasteiger partial charge in [-0.25, -0.2) is 4.98 Å². The monoisotopic (exact) mass is 348 g/mol. The maximum Gasteiger partial charge on any atom is 0.245 e. The van der Waals surface area contributed by atoms with Gasteiger partial charge in [0.15, 0.2) is 0 Å². The molecule has 0 aliphatic rings. The number of carbonyl (C=O) groups excluding carboxylic acids is 1. The van der Waals surface area contributed by atoms with E-state index < -0.39 is 0 Å². The van der Waals surface area contributed by atoms with Gasteiger partial charge in [0.2, 0.25) is 5.91 Å². The van der Waals surface area contributed by atoms with Gasteiger partial charge in [-0.15, -0.1) is 0 Å². The van der Waals surface area contributed by atoms with Gasteiger partial charge in [-0.3, -0.25) is 9.78 Å². The van der Waals surface area contributed by atoms with Crippen LogP contribution >= 0.6 is 15.9 Å². The highest BCUT2D eigenvalue weighted by molar-refractivity contribution is 9.10. The lowest BCUT2D eigenvalue weighted by Crippen LogP contribution is -2.30. The lowest BCUT2D eigenvalue weighted by atomic mass is 10.3. The molecule has 21 heavy (non-hydrogen) atoms. The number of hydrogen-bond donors (Lipinski definition) is 1. The van der Waals surface area contributed by atoms with Crippen molar-refractivity contribution in [2.24, 2.45) is 0 Å². The van der Waals surface area contributed by atoms with Crippen LogP contribution < -0.4 is 10.2 Å². The fourth-order valence-corrected chi connectivity index (χ4v) is 2.45. The third-order valence-electron chi connectivity index (χ3n) is 3.02. The summed E-state index contributed by atoms with van der Waals surface area (Å²) in [5.41, 5.74) is 2.87. The zero-order valence-electron chi connectivity index (χ0n) is 12.2. The molecule has 6 heteroatoms. The Hall–Kier alpha value is -1.95. The van der Waals surface area contributed by atoms with Gasteiger partial charge in [0, 0.05) is 19.4 Å². The van der Waals surface area contributed by atoms with Crippen LogP contribution in [0.1, 0.15) is 11.3 Å². The SMILES string of the molecule is Cc1ccnc(NC(=O)CN(C)c2ccnc(C)c2Br)c1. The standard InChI is InChI=1S/C15H17BrN4O/c1-10-4-6-18-13(8-10)19-14(21)9-20(3)12-5-7-17-11(2)15(12)16/h4-8H,9H2,1-3H3,(H,18,19,21). The second kappa shape index (κ2) is 6.67. The van der Waals surface area contributed by atoms with E-state index in [2.05, 4.69) is 31.2 Å². The molecule has 2 aromatic heterocycles. The molecular formula is C15H17BrN4O. The third-order valence-corrected chi connectivity index (χ3v) is 4.00. The number of anilines is 2. The molecule has 0 fully saturated rings. The average molecular weight is 349 g/mol. The molecule has 1 N–H and O–H groups in total. The van der Waals surface area contributed by atoms with E-state index in [9.17, 15) is 4.79 Å². The first-order valence-electron chi connectivity index (χ1n) is 6.52. The van der Waals surface area contributed by atoms with Crippen LogP contribution in [0.15, 0.2) is 35.1 Å². The number of nitrogens with zero attached hydrogens (tertiary/aromatic N) is 3. The zero-order valence-corrected chi connectivity index (χ0v) is 13.8. The highest BCUT2D eigenvalue weighted by Gasteiger charge is 2.12. The Bertz CT molecular complexity index is 660. The molecule has 0 atom stereocenters. The number of aromatic nitrogens is 2. The molecule has 0 spiro atoms. The summed E-state index contributed by atoms with van der Waals surface area (Å²) >= 11 is 3.50. The number of carbonyl (C=O) groups is 1. The van der Waals surface area contributed by atoms with Gasteiger partial charge in [-0.2, -0.15) is 0 Å². The summed E-state index contributed by atoms with van der Waals surface area (Å²) in [6, 6.07) is 5.60. The van der Waals surface area contributed by atoms with Crippen LogP contribution in [0.2, 0.25) is 0 Å². The minimum atomic E-state index is -0.114. The Morgan fingerprint density at radius 1 is 1.29 bits per heavy atom. The van der Waals surface area contributed by atoms with Crippen molar-refractivity contribution in [3.63, 3.8) is 0 Å². The number of halogens is 1. The van der Waals surface area contributed by atoms with E-state index >= 15 is 0 Å². The highest BCUT2D eigenvalue weighted by atomic mass is 79.9. The van der Waals surface area contributed by atoms with Gasteiger partial charge >= 0.3 is 0 Å². The number of hydrogen-bond acceptors (Lipinski definition) is 4. The second-order valence-corrected chi connectivity index (χ2v) is 5.65. The van der Waals surface area contributed by atoms with Crippen LogP contribution in [0.4, 0.5) is 11.5 Å². The van der Waals surface area contributed by atoms with E-state index in [4.69, 9.17) is 0 Å². The van der Waals surface area contributed by atoms with Crippen LogP contribution in [0, 0.1) is 13.8 Å². The van der Waals surface area contributed by atoms with E-state index in [0.29, 0.717) is 5.82 Å². The van der Waals surface area contributed by atoms with E-state index in [-0.39, 0.29) is 12.5 Å². The van der Waals surface area contributed by atoms with Gasteiger partial charge in [-0.05, 0) is 53.5 Å². The Balaban J connectivity index is 2.04. The number of aryl methyl sites for hydroxylation is 2. The summed E-state index contributed by atoms with van der Waals surface area (Å²) in [6.45, 7) is 4.11. The van der Waals surface area contributed by atoms with Crippen molar-refractivity contribution >= 4 is 33.3 Å². The van der Waals surface area contributed by atoms with Crippen molar-refractivity contribution in [2.75, 3.05) is 23.8 Å². The summed E-state index contributed by atoms with van der Waals surface area (Å²) in [6.07, 6.45) is 3.41. The van der Waals surface area contributed by atoms with E-state index in [1.54, 1.807) is 12.4 Å². The van der Waals surface area contributed by atoms with Crippen LogP contribution in [0.5, 0.6) is 0 Å². The Kier molecular flexibility index (Phi) is 4.90. The largest absolute Gasteiger partial charge is 0.364 e.